The Bertz CT molecular complexity index is 1240. The molecule has 0 saturated heterocycles. The standard InChI is InChI=1S/C24H27N3O5S/c1-16(2)15-32-24(28)27(22-23(31-5)26-18(4)14-25-22)33(29,30)21-9-7-6-8-20(21)19-12-10-17(3)11-13-19/h6-14,16H,15H2,1-5H3. The van der Waals surface area contributed by atoms with E-state index in [1.165, 1.54) is 19.4 Å². The number of aromatic nitrogens is 2. The van der Waals surface area contributed by atoms with E-state index in [4.69, 9.17) is 9.47 Å². The van der Waals surface area contributed by atoms with Gasteiger partial charge in [0.05, 0.1) is 30.5 Å². The van der Waals surface area contributed by atoms with Crippen LogP contribution in [0.1, 0.15) is 25.1 Å². The number of carbonyl (C=O) groups excluding carboxylic acids is 1. The van der Waals surface area contributed by atoms with E-state index in [-0.39, 0.29) is 29.1 Å². The second-order valence-corrected chi connectivity index (χ2v) is 9.70. The van der Waals surface area contributed by atoms with Crippen molar-refractivity contribution in [3.8, 4) is 17.0 Å². The summed E-state index contributed by atoms with van der Waals surface area (Å²) in [5, 5.41) is 0. The van der Waals surface area contributed by atoms with Gasteiger partial charge in [-0.25, -0.2) is 23.2 Å². The molecule has 9 heteroatoms. The summed E-state index contributed by atoms with van der Waals surface area (Å²) in [5.74, 6) is -0.368. The van der Waals surface area contributed by atoms with Gasteiger partial charge in [0, 0.05) is 5.56 Å². The van der Waals surface area contributed by atoms with Gasteiger partial charge >= 0.3 is 6.09 Å². The quantitative estimate of drug-likeness (QED) is 0.492. The summed E-state index contributed by atoms with van der Waals surface area (Å²) in [6.07, 6.45) is 0.279. The van der Waals surface area contributed by atoms with Gasteiger partial charge in [-0.15, -0.1) is 4.31 Å². The average Bonchev–Trinajstić information content (AvgIpc) is 2.79. The number of sulfonamides is 1. The van der Waals surface area contributed by atoms with Crippen LogP contribution in [0.15, 0.2) is 59.6 Å². The molecule has 3 rings (SSSR count). The second-order valence-electron chi connectivity index (χ2n) is 7.95. The Morgan fingerprint density at radius 1 is 1.06 bits per heavy atom. The van der Waals surface area contributed by atoms with E-state index in [1.54, 1.807) is 25.1 Å². The van der Waals surface area contributed by atoms with Crippen molar-refractivity contribution in [3.05, 3.63) is 66.0 Å². The Morgan fingerprint density at radius 3 is 2.36 bits per heavy atom. The smallest absolute Gasteiger partial charge is 0.430 e. The topological polar surface area (TPSA) is 98.7 Å². The number of methoxy groups -OCH3 is 1. The summed E-state index contributed by atoms with van der Waals surface area (Å²) >= 11 is 0. The van der Waals surface area contributed by atoms with E-state index in [9.17, 15) is 13.2 Å². The molecule has 1 heterocycles. The van der Waals surface area contributed by atoms with Crippen LogP contribution < -0.4 is 9.04 Å². The fourth-order valence-electron chi connectivity index (χ4n) is 3.08. The molecule has 0 bridgehead atoms. The summed E-state index contributed by atoms with van der Waals surface area (Å²) < 4.78 is 38.9. The van der Waals surface area contributed by atoms with E-state index in [2.05, 4.69) is 9.97 Å². The summed E-state index contributed by atoms with van der Waals surface area (Å²) in [7, 11) is -3.13. The van der Waals surface area contributed by atoms with Crippen LogP contribution in [0, 0.1) is 19.8 Å². The van der Waals surface area contributed by atoms with Gasteiger partial charge < -0.3 is 9.47 Å². The van der Waals surface area contributed by atoms with Gasteiger partial charge in [0.25, 0.3) is 15.9 Å². The van der Waals surface area contributed by atoms with Gasteiger partial charge in [0.15, 0.2) is 0 Å². The third-order valence-corrected chi connectivity index (χ3v) is 6.42. The molecular formula is C24H27N3O5S. The van der Waals surface area contributed by atoms with E-state index in [0.717, 1.165) is 5.56 Å². The van der Waals surface area contributed by atoms with E-state index >= 15 is 0 Å². The van der Waals surface area contributed by atoms with E-state index in [1.807, 2.05) is 45.0 Å². The molecule has 0 fully saturated rings. The Hall–Kier alpha value is -3.46. The SMILES string of the molecule is COc1nc(C)cnc1N(C(=O)OCC(C)C)S(=O)(=O)c1ccccc1-c1ccc(C)cc1. The second kappa shape index (κ2) is 9.99. The molecule has 0 N–H and O–H groups in total. The summed E-state index contributed by atoms with van der Waals surface area (Å²) in [6, 6.07) is 13.9. The number of benzene rings is 2. The van der Waals surface area contributed by atoms with Gasteiger partial charge in [0.1, 0.15) is 0 Å². The molecule has 0 radical (unpaired) electrons. The van der Waals surface area contributed by atoms with E-state index in [0.29, 0.717) is 21.1 Å². The third-order valence-electron chi connectivity index (χ3n) is 4.70. The van der Waals surface area contributed by atoms with Crippen LogP contribution in [0.4, 0.5) is 10.6 Å². The first-order valence-electron chi connectivity index (χ1n) is 10.4. The minimum Gasteiger partial charge on any atom is -0.478 e. The maximum atomic E-state index is 13.9. The van der Waals surface area contributed by atoms with Crippen molar-refractivity contribution in [1.29, 1.82) is 0 Å². The molecule has 2 aromatic carbocycles. The highest BCUT2D eigenvalue weighted by atomic mass is 32.2. The van der Waals surface area contributed by atoms with Crippen molar-refractivity contribution >= 4 is 21.9 Å². The number of aryl methyl sites for hydroxylation is 2. The van der Waals surface area contributed by atoms with Crippen LogP contribution in [0.25, 0.3) is 11.1 Å². The van der Waals surface area contributed by atoms with Gasteiger partial charge in [0.2, 0.25) is 5.82 Å². The van der Waals surface area contributed by atoms with Gasteiger partial charge in [-0.3, -0.25) is 0 Å². The molecule has 8 nitrogen and oxygen atoms in total. The molecule has 0 atom stereocenters. The molecule has 0 aliphatic carbocycles. The van der Waals surface area contributed by atoms with Crippen molar-refractivity contribution in [2.45, 2.75) is 32.6 Å². The lowest BCUT2D eigenvalue weighted by Gasteiger charge is -2.24. The minimum atomic E-state index is -4.46. The van der Waals surface area contributed by atoms with Crippen LogP contribution in [-0.2, 0) is 14.8 Å². The normalized spacial score (nSPS) is 11.3. The van der Waals surface area contributed by atoms with Crippen molar-refractivity contribution in [2.75, 3.05) is 18.0 Å². The summed E-state index contributed by atoms with van der Waals surface area (Å²) in [5.41, 5.74) is 2.68. The molecule has 1 amide bonds. The molecule has 0 spiro atoms. The Labute approximate surface area is 194 Å². The molecule has 0 saturated carbocycles. The zero-order chi connectivity index (χ0) is 24.2. The number of anilines is 1. The first-order chi connectivity index (χ1) is 15.6. The first-order valence-corrected chi connectivity index (χ1v) is 11.8. The Morgan fingerprint density at radius 2 is 1.73 bits per heavy atom. The molecule has 3 aromatic rings. The van der Waals surface area contributed by atoms with Crippen LogP contribution >= 0.6 is 0 Å². The van der Waals surface area contributed by atoms with Crippen molar-refractivity contribution in [1.82, 2.24) is 9.97 Å². The molecular weight excluding hydrogens is 442 g/mol. The van der Waals surface area contributed by atoms with Crippen molar-refractivity contribution in [2.24, 2.45) is 5.92 Å². The third kappa shape index (κ3) is 5.31. The predicted molar refractivity (Wildman–Crippen MR) is 126 cm³/mol. The van der Waals surface area contributed by atoms with Crippen molar-refractivity contribution < 1.29 is 22.7 Å². The monoisotopic (exact) mass is 469 g/mol. The minimum absolute atomic E-state index is 0.00402. The Kier molecular flexibility index (Phi) is 7.33. The molecule has 174 valence electrons. The maximum Gasteiger partial charge on any atom is 0.430 e. The summed E-state index contributed by atoms with van der Waals surface area (Å²) in [6.45, 7) is 7.37. The fraction of sp³-hybridized carbons (Fsp3) is 0.292. The van der Waals surface area contributed by atoms with Gasteiger partial charge in [-0.2, -0.15) is 0 Å². The highest BCUT2D eigenvalue weighted by Gasteiger charge is 2.38. The predicted octanol–water partition coefficient (Wildman–Crippen LogP) is 4.76. The fourth-order valence-corrected chi connectivity index (χ4v) is 4.59. The van der Waals surface area contributed by atoms with E-state index < -0.39 is 16.1 Å². The molecule has 1 aromatic heterocycles. The number of carbonyl (C=O) groups is 1. The number of nitrogens with zero attached hydrogens (tertiary/aromatic N) is 3. The lowest BCUT2D eigenvalue weighted by molar-refractivity contribution is 0.143. The lowest BCUT2D eigenvalue weighted by Crippen LogP contribution is -2.39. The Balaban J connectivity index is 2.21. The van der Waals surface area contributed by atoms with Gasteiger partial charge in [-0.05, 0) is 31.4 Å². The molecule has 0 unspecified atom stereocenters. The number of hydrogen-bond donors (Lipinski definition) is 0. The zero-order valence-electron chi connectivity index (χ0n) is 19.3. The maximum absolute atomic E-state index is 13.9. The molecule has 33 heavy (non-hydrogen) atoms. The first kappa shape index (κ1) is 24.2. The number of hydrogen-bond acceptors (Lipinski definition) is 7. The highest BCUT2D eigenvalue weighted by molar-refractivity contribution is 7.93. The van der Waals surface area contributed by atoms with Crippen LogP contribution in [0.3, 0.4) is 0 Å². The zero-order valence-corrected chi connectivity index (χ0v) is 20.1. The number of rotatable bonds is 7. The molecule has 0 aliphatic heterocycles. The van der Waals surface area contributed by atoms with Crippen molar-refractivity contribution in [3.63, 3.8) is 0 Å². The van der Waals surface area contributed by atoms with Crippen LogP contribution in [0.2, 0.25) is 0 Å². The summed E-state index contributed by atoms with van der Waals surface area (Å²) in [4.78, 5) is 21.4. The lowest BCUT2D eigenvalue weighted by atomic mass is 10.0. The van der Waals surface area contributed by atoms with Crippen LogP contribution in [-0.4, -0.2) is 38.2 Å². The number of amides is 1. The number of ether oxygens (including phenoxy) is 2. The average molecular weight is 470 g/mol. The van der Waals surface area contributed by atoms with Crippen LogP contribution in [0.5, 0.6) is 5.88 Å². The largest absolute Gasteiger partial charge is 0.478 e. The van der Waals surface area contributed by atoms with Gasteiger partial charge in [-0.1, -0.05) is 61.9 Å². The highest BCUT2D eigenvalue weighted by Crippen LogP contribution is 2.34. The molecule has 0 aliphatic rings.